The van der Waals surface area contributed by atoms with E-state index in [1.54, 1.807) is 0 Å². The number of esters is 1. The fourth-order valence-electron chi connectivity index (χ4n) is 7.08. The second kappa shape index (κ2) is 10.2. The third kappa shape index (κ3) is 4.96. The normalized spacial score (nSPS) is 25.5. The van der Waals surface area contributed by atoms with Gasteiger partial charge in [0.05, 0.1) is 0 Å². The molecule has 3 atom stereocenters. The van der Waals surface area contributed by atoms with E-state index in [1.807, 2.05) is 54.4 Å². The van der Waals surface area contributed by atoms with Crippen molar-refractivity contribution in [2.24, 2.45) is 11.8 Å². The minimum Gasteiger partial charge on any atom is -0.427 e. The summed E-state index contributed by atoms with van der Waals surface area (Å²) in [6, 6.07) is 22.6. The molecule has 0 aromatic heterocycles. The van der Waals surface area contributed by atoms with E-state index in [0.29, 0.717) is 11.7 Å². The lowest BCUT2D eigenvalue weighted by Gasteiger charge is -2.54. The number of benzene rings is 3. The molecule has 3 aromatic rings. The maximum absolute atomic E-state index is 13.7. The lowest BCUT2D eigenvalue weighted by atomic mass is 9.57. The van der Waals surface area contributed by atoms with E-state index < -0.39 is 0 Å². The number of fused-ring (bicyclic) bond motifs is 2. The molecule has 2 aliphatic carbocycles. The van der Waals surface area contributed by atoms with Crippen LogP contribution in [0.2, 0.25) is 0 Å². The maximum Gasteiger partial charge on any atom is 0.308 e. The smallest absolute Gasteiger partial charge is 0.308 e. The fraction of sp³-hybridized carbons (Fsp3) is 0.455. The van der Waals surface area contributed by atoms with E-state index >= 15 is 0 Å². The molecule has 1 aliphatic heterocycles. The molecule has 38 heavy (non-hydrogen) atoms. The number of hydrogen-bond acceptors (Lipinski definition) is 4. The van der Waals surface area contributed by atoms with Gasteiger partial charge in [-0.1, -0.05) is 42.5 Å². The van der Waals surface area contributed by atoms with Gasteiger partial charge in [-0.15, -0.1) is 0 Å². The van der Waals surface area contributed by atoms with Gasteiger partial charge in [-0.2, -0.15) is 0 Å². The van der Waals surface area contributed by atoms with Crippen molar-refractivity contribution >= 4 is 22.6 Å². The molecule has 2 saturated carbocycles. The number of rotatable bonds is 6. The van der Waals surface area contributed by atoms with Crippen molar-refractivity contribution in [2.45, 2.75) is 56.9 Å². The summed E-state index contributed by atoms with van der Waals surface area (Å²) < 4.78 is 5.50. The molecule has 1 heterocycles. The van der Waals surface area contributed by atoms with Gasteiger partial charge in [0.1, 0.15) is 5.75 Å². The molecule has 0 radical (unpaired) electrons. The molecule has 3 aromatic carbocycles. The molecule has 0 N–H and O–H groups in total. The van der Waals surface area contributed by atoms with Gasteiger partial charge in [0.15, 0.2) is 0 Å². The van der Waals surface area contributed by atoms with E-state index in [1.165, 1.54) is 31.9 Å². The highest BCUT2D eigenvalue weighted by molar-refractivity contribution is 5.98. The molecule has 3 aliphatic rings. The summed E-state index contributed by atoms with van der Waals surface area (Å²) in [7, 11) is 1.98. The molecule has 5 heteroatoms. The summed E-state index contributed by atoms with van der Waals surface area (Å²) >= 11 is 0. The SMILES string of the molecule is CC(=O)Oc1cccc([C@@]23CCN(CC4CC4)C[C@H]2CC[C@H](N(C)C(=O)c2ccc4ccccc4c2)C3)c1. The Morgan fingerprint density at radius 1 is 0.974 bits per heavy atom. The fourth-order valence-corrected chi connectivity index (χ4v) is 7.08. The largest absolute Gasteiger partial charge is 0.427 e. The third-order valence-electron chi connectivity index (χ3n) is 9.33. The standard InChI is InChI=1S/C33H38N2O3/c1-23(36)38-31-9-5-8-28(19-31)33-16-17-35(21-24-10-11-24)22-29(33)14-15-30(20-33)34(2)32(37)27-13-12-25-6-3-4-7-26(25)18-27/h3-9,12-13,18-19,24,29-30H,10-11,14-17,20-22H2,1-2H3/t29-,30+,33+/m1/s1. The number of carbonyl (C=O) groups excluding carboxylic acids is 2. The number of likely N-dealkylation sites (tertiary alicyclic amines) is 1. The average molecular weight is 511 g/mol. The molecule has 0 spiro atoms. The van der Waals surface area contributed by atoms with Crippen LogP contribution in [0.5, 0.6) is 5.75 Å². The Bertz CT molecular complexity index is 1350. The van der Waals surface area contributed by atoms with E-state index in [2.05, 4.69) is 29.2 Å². The van der Waals surface area contributed by atoms with Crippen molar-refractivity contribution in [2.75, 3.05) is 26.7 Å². The summed E-state index contributed by atoms with van der Waals surface area (Å²) in [6.45, 7) is 4.88. The molecule has 198 valence electrons. The minimum absolute atomic E-state index is 0.0307. The summed E-state index contributed by atoms with van der Waals surface area (Å²) in [6.07, 6.45) is 6.87. The van der Waals surface area contributed by atoms with Crippen molar-refractivity contribution in [3.05, 3.63) is 77.9 Å². The van der Waals surface area contributed by atoms with E-state index in [4.69, 9.17) is 4.74 Å². The zero-order chi connectivity index (χ0) is 26.3. The number of hydrogen-bond donors (Lipinski definition) is 0. The highest BCUT2D eigenvalue weighted by Gasteiger charge is 2.49. The Morgan fingerprint density at radius 2 is 1.79 bits per heavy atom. The second-order valence-corrected chi connectivity index (χ2v) is 11.8. The number of amides is 1. The summed E-state index contributed by atoms with van der Waals surface area (Å²) in [5.41, 5.74) is 1.97. The predicted molar refractivity (Wildman–Crippen MR) is 150 cm³/mol. The van der Waals surface area contributed by atoms with Crippen LogP contribution >= 0.6 is 0 Å². The molecule has 6 rings (SSSR count). The van der Waals surface area contributed by atoms with Crippen LogP contribution in [0, 0.1) is 11.8 Å². The molecule has 5 nitrogen and oxygen atoms in total. The van der Waals surface area contributed by atoms with Gasteiger partial charge in [0.25, 0.3) is 5.91 Å². The zero-order valence-electron chi connectivity index (χ0n) is 22.6. The van der Waals surface area contributed by atoms with E-state index in [9.17, 15) is 9.59 Å². The van der Waals surface area contributed by atoms with Crippen molar-refractivity contribution in [3.8, 4) is 5.75 Å². The van der Waals surface area contributed by atoms with Crippen molar-refractivity contribution < 1.29 is 14.3 Å². The Morgan fingerprint density at radius 3 is 2.58 bits per heavy atom. The molecule has 0 bridgehead atoms. The van der Waals surface area contributed by atoms with Gasteiger partial charge in [-0.3, -0.25) is 9.59 Å². The summed E-state index contributed by atoms with van der Waals surface area (Å²) in [5, 5.41) is 2.24. The Balaban J connectivity index is 1.28. The molecular weight excluding hydrogens is 472 g/mol. The molecular formula is C33H38N2O3. The second-order valence-electron chi connectivity index (χ2n) is 11.8. The molecule has 1 saturated heterocycles. The quantitative estimate of drug-likeness (QED) is 0.299. The first-order valence-electron chi connectivity index (χ1n) is 14.2. The van der Waals surface area contributed by atoms with Crippen LogP contribution in [0.15, 0.2) is 66.7 Å². The van der Waals surface area contributed by atoms with E-state index in [0.717, 1.165) is 61.0 Å². The number of ether oxygens (including phenoxy) is 1. The minimum atomic E-state index is -0.294. The first-order valence-corrected chi connectivity index (χ1v) is 14.2. The monoisotopic (exact) mass is 510 g/mol. The number of piperidine rings is 1. The maximum atomic E-state index is 13.7. The van der Waals surface area contributed by atoms with Gasteiger partial charge < -0.3 is 14.5 Å². The lowest BCUT2D eigenvalue weighted by Crippen LogP contribution is -2.56. The Kier molecular flexibility index (Phi) is 6.73. The van der Waals surface area contributed by atoms with Gasteiger partial charge in [-0.05, 0) is 97.5 Å². The van der Waals surface area contributed by atoms with Gasteiger partial charge in [0, 0.05) is 44.1 Å². The Hall–Kier alpha value is -3.18. The Labute approximate surface area is 225 Å². The van der Waals surface area contributed by atoms with Crippen molar-refractivity contribution in [1.82, 2.24) is 9.80 Å². The van der Waals surface area contributed by atoms with E-state index in [-0.39, 0.29) is 23.3 Å². The summed E-state index contributed by atoms with van der Waals surface area (Å²) in [4.78, 5) is 30.1. The predicted octanol–water partition coefficient (Wildman–Crippen LogP) is 6.06. The van der Waals surface area contributed by atoms with Gasteiger partial charge in [0.2, 0.25) is 0 Å². The first-order chi connectivity index (χ1) is 18.4. The summed E-state index contributed by atoms with van der Waals surface area (Å²) in [5.74, 6) is 1.83. The van der Waals surface area contributed by atoms with Crippen LogP contribution in [0.1, 0.15) is 61.4 Å². The topological polar surface area (TPSA) is 49.9 Å². The molecule has 3 fully saturated rings. The first kappa shape index (κ1) is 25.1. The van der Waals surface area contributed by atoms with Gasteiger partial charge in [-0.25, -0.2) is 0 Å². The highest BCUT2D eigenvalue weighted by Crippen LogP contribution is 2.51. The van der Waals surface area contributed by atoms with Crippen LogP contribution in [-0.4, -0.2) is 54.4 Å². The lowest BCUT2D eigenvalue weighted by molar-refractivity contribution is -0.131. The van der Waals surface area contributed by atoms with Crippen molar-refractivity contribution in [3.63, 3.8) is 0 Å². The zero-order valence-corrected chi connectivity index (χ0v) is 22.6. The number of carbonyl (C=O) groups is 2. The average Bonchev–Trinajstić information content (AvgIpc) is 3.75. The van der Waals surface area contributed by atoms with Crippen LogP contribution in [0.3, 0.4) is 0 Å². The van der Waals surface area contributed by atoms with Crippen LogP contribution in [-0.2, 0) is 10.2 Å². The van der Waals surface area contributed by atoms with Crippen LogP contribution < -0.4 is 4.74 Å². The van der Waals surface area contributed by atoms with Gasteiger partial charge >= 0.3 is 5.97 Å². The third-order valence-corrected chi connectivity index (χ3v) is 9.33. The molecule has 0 unspecified atom stereocenters. The molecule has 1 amide bonds. The van der Waals surface area contributed by atoms with Crippen LogP contribution in [0.25, 0.3) is 10.8 Å². The van der Waals surface area contributed by atoms with Crippen LogP contribution in [0.4, 0.5) is 0 Å². The number of nitrogens with zero attached hydrogens (tertiary/aromatic N) is 2. The highest BCUT2D eigenvalue weighted by atomic mass is 16.5. The van der Waals surface area contributed by atoms with Crippen molar-refractivity contribution in [1.29, 1.82) is 0 Å².